The van der Waals surface area contributed by atoms with Gasteiger partial charge in [0.15, 0.2) is 0 Å². The van der Waals surface area contributed by atoms with Crippen molar-refractivity contribution in [2.24, 2.45) is 51.2 Å². The number of aliphatic hydroxyl groups excluding tert-OH is 2. The van der Waals surface area contributed by atoms with Crippen LogP contribution in [-0.4, -0.2) is 38.9 Å². The van der Waals surface area contributed by atoms with Gasteiger partial charge in [-0.3, -0.25) is 4.79 Å². The number of Topliss-reactive ketones (excluding diaryl/α,β-unsaturated/α-hetero) is 1. The Hall–Kier alpha value is -0.710. The van der Waals surface area contributed by atoms with E-state index in [1.54, 1.807) is 5.57 Å². The average molecular weight is 473 g/mol. The number of aliphatic hydroxyl groups is 3. The number of hydrogen-bond donors (Lipinski definition) is 3. The fourth-order valence-corrected chi connectivity index (χ4v) is 10.6. The number of fused-ring (bicyclic) bond motifs is 5. The van der Waals surface area contributed by atoms with Crippen molar-refractivity contribution < 1.29 is 20.1 Å². The van der Waals surface area contributed by atoms with Crippen molar-refractivity contribution in [1.29, 1.82) is 0 Å². The molecule has 0 radical (unpaired) electrons. The highest BCUT2D eigenvalue weighted by molar-refractivity contribution is 5.85. The van der Waals surface area contributed by atoms with Crippen LogP contribution >= 0.6 is 0 Å². The van der Waals surface area contributed by atoms with Gasteiger partial charge in [0.1, 0.15) is 5.78 Å². The van der Waals surface area contributed by atoms with Crippen LogP contribution in [-0.2, 0) is 4.79 Å². The Kier molecular flexibility index (Phi) is 5.44. The van der Waals surface area contributed by atoms with Crippen LogP contribution in [0.5, 0.6) is 0 Å². The van der Waals surface area contributed by atoms with Crippen LogP contribution in [0.2, 0.25) is 0 Å². The zero-order valence-electron chi connectivity index (χ0n) is 22.5. The van der Waals surface area contributed by atoms with E-state index in [1.807, 2.05) is 13.8 Å². The molecule has 4 saturated carbocycles. The van der Waals surface area contributed by atoms with Gasteiger partial charge < -0.3 is 15.3 Å². The van der Waals surface area contributed by atoms with Gasteiger partial charge in [-0.25, -0.2) is 0 Å². The van der Waals surface area contributed by atoms with Gasteiger partial charge in [-0.05, 0) is 98.7 Å². The molecule has 5 aliphatic carbocycles. The minimum absolute atomic E-state index is 0.0357. The lowest BCUT2D eigenvalue weighted by atomic mass is 9.41. The van der Waals surface area contributed by atoms with Crippen LogP contribution in [0.25, 0.3) is 0 Å². The van der Waals surface area contributed by atoms with Crippen molar-refractivity contribution >= 4 is 5.78 Å². The highest BCUT2D eigenvalue weighted by atomic mass is 16.3. The van der Waals surface area contributed by atoms with Crippen molar-refractivity contribution in [3.05, 3.63) is 11.6 Å². The molecule has 4 nitrogen and oxygen atoms in total. The van der Waals surface area contributed by atoms with Crippen molar-refractivity contribution in [3.8, 4) is 0 Å². The van der Waals surface area contributed by atoms with Gasteiger partial charge in [-0.2, -0.15) is 0 Å². The fraction of sp³-hybridized carbons (Fsp3) is 0.900. The van der Waals surface area contributed by atoms with Crippen molar-refractivity contribution in [2.45, 2.75) is 118 Å². The lowest BCUT2D eigenvalue weighted by Gasteiger charge is -2.63. The third-order valence-corrected chi connectivity index (χ3v) is 12.7. The largest absolute Gasteiger partial charge is 0.393 e. The van der Waals surface area contributed by atoms with E-state index in [2.05, 4.69) is 40.7 Å². The predicted octanol–water partition coefficient (Wildman–Crippen LogP) is 5.29. The van der Waals surface area contributed by atoms with Gasteiger partial charge in [-0.1, -0.05) is 46.3 Å². The summed E-state index contributed by atoms with van der Waals surface area (Å²) in [6, 6.07) is 0. The molecule has 0 aliphatic heterocycles. The summed E-state index contributed by atoms with van der Waals surface area (Å²) in [7, 11) is 0. The molecule has 0 unspecified atom stereocenters. The quantitative estimate of drug-likeness (QED) is 0.477. The van der Waals surface area contributed by atoms with Crippen LogP contribution in [0, 0.1) is 51.2 Å². The Morgan fingerprint density at radius 2 is 1.68 bits per heavy atom. The van der Waals surface area contributed by atoms with Gasteiger partial charge >= 0.3 is 0 Å². The highest BCUT2D eigenvalue weighted by Gasteiger charge is 2.68. The first-order valence-corrected chi connectivity index (χ1v) is 13.9. The van der Waals surface area contributed by atoms with E-state index in [0.717, 1.165) is 44.9 Å². The summed E-state index contributed by atoms with van der Waals surface area (Å²) >= 11 is 0. The average Bonchev–Trinajstić information content (AvgIpc) is 3.19. The molecular formula is C30H48O4. The minimum Gasteiger partial charge on any atom is -0.393 e. The predicted molar refractivity (Wildman–Crippen MR) is 134 cm³/mol. The maximum Gasteiger partial charge on any atom is 0.138 e. The zero-order chi connectivity index (χ0) is 25.1. The number of ketones is 1. The summed E-state index contributed by atoms with van der Waals surface area (Å²) < 4.78 is 0. The van der Waals surface area contributed by atoms with E-state index >= 15 is 0 Å². The number of hydrogen-bond acceptors (Lipinski definition) is 4. The normalized spacial score (nSPS) is 52.6. The van der Waals surface area contributed by atoms with Crippen LogP contribution in [0.4, 0.5) is 0 Å². The molecule has 34 heavy (non-hydrogen) atoms. The van der Waals surface area contributed by atoms with Crippen LogP contribution in [0.3, 0.4) is 0 Å². The zero-order valence-corrected chi connectivity index (χ0v) is 22.5. The number of allylic oxidation sites excluding steroid dienone is 2. The third-order valence-electron chi connectivity index (χ3n) is 12.7. The smallest absolute Gasteiger partial charge is 0.138 e. The Morgan fingerprint density at radius 3 is 2.29 bits per heavy atom. The van der Waals surface area contributed by atoms with E-state index < -0.39 is 17.8 Å². The van der Waals surface area contributed by atoms with E-state index in [-0.39, 0.29) is 39.4 Å². The first-order valence-electron chi connectivity index (χ1n) is 13.9. The summed E-state index contributed by atoms with van der Waals surface area (Å²) in [6.07, 6.45) is 8.74. The number of carbonyl (C=O) groups is 1. The van der Waals surface area contributed by atoms with E-state index in [4.69, 9.17) is 0 Å². The Balaban J connectivity index is 1.51. The summed E-state index contributed by atoms with van der Waals surface area (Å²) in [4.78, 5) is 12.8. The molecule has 0 aromatic rings. The topological polar surface area (TPSA) is 77.8 Å². The second kappa shape index (κ2) is 7.42. The first kappa shape index (κ1) is 25.0. The molecule has 0 aromatic heterocycles. The van der Waals surface area contributed by atoms with Crippen molar-refractivity contribution in [3.63, 3.8) is 0 Å². The van der Waals surface area contributed by atoms with E-state index in [1.165, 1.54) is 0 Å². The van der Waals surface area contributed by atoms with Crippen molar-refractivity contribution in [2.75, 3.05) is 0 Å². The van der Waals surface area contributed by atoms with Gasteiger partial charge in [0.25, 0.3) is 0 Å². The second-order valence-corrected chi connectivity index (χ2v) is 14.7. The van der Waals surface area contributed by atoms with Gasteiger partial charge in [0.2, 0.25) is 0 Å². The number of rotatable bonds is 2. The fourth-order valence-electron chi connectivity index (χ4n) is 10.6. The molecule has 4 fully saturated rings. The second-order valence-electron chi connectivity index (χ2n) is 14.7. The monoisotopic (exact) mass is 472 g/mol. The van der Waals surface area contributed by atoms with Gasteiger partial charge in [0, 0.05) is 17.8 Å². The maximum absolute atomic E-state index is 12.8. The van der Waals surface area contributed by atoms with Crippen molar-refractivity contribution in [1.82, 2.24) is 0 Å². The van der Waals surface area contributed by atoms with Crippen LogP contribution < -0.4 is 0 Å². The summed E-state index contributed by atoms with van der Waals surface area (Å²) in [5.74, 6) is 1.23. The summed E-state index contributed by atoms with van der Waals surface area (Å²) in [6.45, 7) is 15.2. The van der Waals surface area contributed by atoms with Gasteiger partial charge in [-0.15, -0.1) is 0 Å². The molecule has 5 aliphatic rings. The Bertz CT molecular complexity index is 898. The Labute approximate surface area is 206 Å². The lowest BCUT2D eigenvalue weighted by Crippen LogP contribution is -2.57. The molecule has 0 spiro atoms. The number of carbonyl (C=O) groups excluding carboxylic acids is 1. The van der Waals surface area contributed by atoms with Gasteiger partial charge in [0.05, 0.1) is 17.8 Å². The van der Waals surface area contributed by atoms with Crippen LogP contribution in [0.1, 0.15) is 99.8 Å². The summed E-state index contributed by atoms with van der Waals surface area (Å²) in [5.41, 5.74) is 0.338. The molecule has 5 rings (SSSR count). The maximum atomic E-state index is 12.8. The molecule has 3 N–H and O–H groups in total. The molecule has 0 aromatic carbocycles. The summed E-state index contributed by atoms with van der Waals surface area (Å²) in [5, 5.41) is 33.6. The third kappa shape index (κ3) is 3.03. The Morgan fingerprint density at radius 1 is 1.00 bits per heavy atom. The molecule has 4 heteroatoms. The molecule has 0 saturated heterocycles. The SMILES string of the molecule is CC(C)(O)[C@@H]1CC[C@H]([C@@H]2[C@@H](O)C[C@]3(C)C4=CC[C@H]5C(C)(C)C(=O)CC[C@]5(C)[C@@H]4CC[C@@]23C)[C@H]1O. The standard InChI is InChI=1S/C30H48O4/c1-26(2)22-11-10-19-18(28(22,5)14-13-23(26)32)12-15-29(6)24(21(31)16-30(19,29)7)17-8-9-20(25(17)33)27(3,4)34/h10,17-18,20-22,24-25,31,33-34H,8-9,11-16H2,1-7H3/t17-,18-,20-,21+,22+,24-,25-,28-,29+,30-/m1/s1. The van der Waals surface area contributed by atoms with Crippen LogP contribution in [0.15, 0.2) is 11.6 Å². The highest BCUT2D eigenvalue weighted by Crippen LogP contribution is 2.73. The minimum atomic E-state index is -0.902. The molecule has 10 atom stereocenters. The van der Waals surface area contributed by atoms with E-state index in [0.29, 0.717) is 24.0 Å². The van der Waals surface area contributed by atoms with E-state index in [9.17, 15) is 20.1 Å². The molecule has 192 valence electrons. The molecule has 0 heterocycles. The molecule has 0 bridgehead atoms. The lowest BCUT2D eigenvalue weighted by molar-refractivity contribution is -0.146. The molecule has 0 amide bonds. The first-order chi connectivity index (χ1) is 15.6. The molecular weight excluding hydrogens is 424 g/mol.